The summed E-state index contributed by atoms with van der Waals surface area (Å²) in [5.74, 6) is 0. The summed E-state index contributed by atoms with van der Waals surface area (Å²) >= 11 is 0. The molecule has 72 valence electrons. The Labute approximate surface area is 82.2 Å². The summed E-state index contributed by atoms with van der Waals surface area (Å²) in [6.45, 7) is 5.37. The zero-order valence-corrected chi connectivity index (χ0v) is 9.20. The Bertz CT molecular complexity index is 440. The van der Waals surface area contributed by atoms with E-state index in [-0.39, 0.29) is 4.90 Å². The molecule has 0 spiro atoms. The van der Waals surface area contributed by atoms with Crippen LogP contribution in [0, 0.1) is 20.8 Å². The number of pyridine rings is 1. The summed E-state index contributed by atoms with van der Waals surface area (Å²) < 4.78 is 22.1. The Balaban J connectivity index is 3.53. The van der Waals surface area contributed by atoms with E-state index in [9.17, 15) is 8.42 Å². The smallest absolute Gasteiger partial charge is 0.260 e. The van der Waals surface area contributed by atoms with Crippen molar-refractivity contribution in [2.24, 2.45) is 0 Å². The number of rotatable bonds is 1. The summed E-state index contributed by atoms with van der Waals surface area (Å²) in [6, 6.07) is 0. The number of aryl methyl sites for hydroxylation is 1. The lowest BCUT2D eigenvalue weighted by Gasteiger charge is -2.06. The molecule has 0 unspecified atom stereocenters. The number of halogens is 1. The second kappa shape index (κ2) is 3.27. The third-order valence-corrected chi connectivity index (χ3v) is 3.55. The third kappa shape index (κ3) is 2.00. The van der Waals surface area contributed by atoms with Gasteiger partial charge in [-0.2, -0.15) is 0 Å². The van der Waals surface area contributed by atoms with Crippen molar-refractivity contribution < 1.29 is 8.42 Å². The van der Waals surface area contributed by atoms with Gasteiger partial charge in [0.1, 0.15) is 4.90 Å². The first kappa shape index (κ1) is 10.5. The lowest BCUT2D eigenvalue weighted by atomic mass is 10.1. The molecule has 0 N–H and O–H groups in total. The molecule has 0 amide bonds. The fourth-order valence-electron chi connectivity index (χ4n) is 1.05. The van der Waals surface area contributed by atoms with Crippen molar-refractivity contribution in [2.75, 3.05) is 0 Å². The normalized spacial score (nSPS) is 11.7. The van der Waals surface area contributed by atoms with Crippen molar-refractivity contribution in [1.82, 2.24) is 4.98 Å². The minimum absolute atomic E-state index is 0.0947. The van der Waals surface area contributed by atoms with Crippen molar-refractivity contribution in [3.63, 3.8) is 0 Å². The van der Waals surface area contributed by atoms with Gasteiger partial charge in [-0.3, -0.25) is 4.98 Å². The number of hydrogen-bond acceptors (Lipinski definition) is 3. The van der Waals surface area contributed by atoms with E-state index < -0.39 is 9.05 Å². The minimum atomic E-state index is -3.66. The van der Waals surface area contributed by atoms with Gasteiger partial charge in [-0.25, -0.2) is 8.42 Å². The average Bonchev–Trinajstić information content (AvgIpc) is 1.98. The van der Waals surface area contributed by atoms with Crippen LogP contribution in [0.3, 0.4) is 0 Å². The second-order valence-corrected chi connectivity index (χ2v) is 5.43. The maximum atomic E-state index is 11.0. The van der Waals surface area contributed by atoms with E-state index in [4.69, 9.17) is 10.7 Å². The van der Waals surface area contributed by atoms with Crippen molar-refractivity contribution in [3.05, 3.63) is 23.0 Å². The van der Waals surface area contributed by atoms with Crippen molar-refractivity contribution in [1.29, 1.82) is 0 Å². The Morgan fingerprint density at radius 1 is 1.23 bits per heavy atom. The van der Waals surface area contributed by atoms with E-state index in [0.29, 0.717) is 5.56 Å². The van der Waals surface area contributed by atoms with E-state index in [1.165, 1.54) is 6.20 Å². The highest BCUT2D eigenvalue weighted by atomic mass is 35.7. The quantitative estimate of drug-likeness (QED) is 0.679. The van der Waals surface area contributed by atoms with Gasteiger partial charge in [-0.15, -0.1) is 0 Å². The largest absolute Gasteiger partial charge is 0.263 e. The molecule has 0 bridgehead atoms. The summed E-state index contributed by atoms with van der Waals surface area (Å²) in [4.78, 5) is 4.04. The Morgan fingerprint density at radius 2 is 1.77 bits per heavy atom. The van der Waals surface area contributed by atoms with E-state index in [1.807, 2.05) is 13.8 Å². The highest BCUT2D eigenvalue weighted by Crippen LogP contribution is 2.22. The van der Waals surface area contributed by atoms with Crippen molar-refractivity contribution in [2.45, 2.75) is 25.7 Å². The molecule has 0 saturated carbocycles. The lowest BCUT2D eigenvalue weighted by Crippen LogP contribution is -2.00. The van der Waals surface area contributed by atoms with Crippen LogP contribution >= 0.6 is 10.7 Å². The molecule has 0 saturated heterocycles. The Kier molecular flexibility index (Phi) is 2.63. The van der Waals surface area contributed by atoms with Crippen molar-refractivity contribution >= 4 is 19.7 Å². The van der Waals surface area contributed by atoms with Crippen LogP contribution in [0.15, 0.2) is 11.1 Å². The van der Waals surface area contributed by atoms with Crippen LogP contribution in [-0.4, -0.2) is 13.4 Å². The van der Waals surface area contributed by atoms with Gasteiger partial charge in [0.2, 0.25) is 0 Å². The fourth-order valence-corrected chi connectivity index (χ4v) is 2.22. The minimum Gasteiger partial charge on any atom is -0.260 e. The molecular formula is C8H10ClNO2S. The molecule has 0 radical (unpaired) electrons. The molecular weight excluding hydrogens is 210 g/mol. The van der Waals surface area contributed by atoms with Crippen LogP contribution < -0.4 is 0 Å². The molecule has 13 heavy (non-hydrogen) atoms. The summed E-state index contributed by atoms with van der Waals surface area (Å²) in [5, 5.41) is 0. The molecule has 0 aromatic carbocycles. The number of aromatic nitrogens is 1. The molecule has 3 nitrogen and oxygen atoms in total. The molecule has 0 atom stereocenters. The molecule has 5 heteroatoms. The van der Waals surface area contributed by atoms with Gasteiger partial charge in [0, 0.05) is 22.6 Å². The third-order valence-electron chi connectivity index (χ3n) is 2.11. The molecule has 1 aromatic heterocycles. The van der Waals surface area contributed by atoms with Crippen LogP contribution in [0.25, 0.3) is 0 Å². The van der Waals surface area contributed by atoms with Gasteiger partial charge in [0.05, 0.1) is 0 Å². The van der Waals surface area contributed by atoms with E-state index in [1.54, 1.807) is 6.92 Å². The van der Waals surface area contributed by atoms with Gasteiger partial charge >= 0.3 is 0 Å². The van der Waals surface area contributed by atoms with Gasteiger partial charge in [0.25, 0.3) is 9.05 Å². The molecule has 1 aromatic rings. The maximum Gasteiger partial charge on any atom is 0.263 e. The van der Waals surface area contributed by atoms with Gasteiger partial charge in [0.15, 0.2) is 0 Å². The second-order valence-electron chi connectivity index (χ2n) is 2.90. The van der Waals surface area contributed by atoms with E-state index in [0.717, 1.165) is 11.3 Å². The maximum absolute atomic E-state index is 11.0. The van der Waals surface area contributed by atoms with E-state index in [2.05, 4.69) is 4.98 Å². The molecule has 0 fully saturated rings. The van der Waals surface area contributed by atoms with Gasteiger partial charge in [-0.1, -0.05) is 0 Å². The lowest BCUT2D eigenvalue weighted by molar-refractivity contribution is 0.608. The van der Waals surface area contributed by atoms with E-state index >= 15 is 0 Å². The van der Waals surface area contributed by atoms with Crippen LogP contribution in [0.2, 0.25) is 0 Å². The highest BCUT2D eigenvalue weighted by Gasteiger charge is 2.15. The predicted molar refractivity (Wildman–Crippen MR) is 51.5 cm³/mol. The topological polar surface area (TPSA) is 47.0 Å². The van der Waals surface area contributed by atoms with Crippen LogP contribution in [0.4, 0.5) is 0 Å². The average molecular weight is 220 g/mol. The Morgan fingerprint density at radius 3 is 2.23 bits per heavy atom. The zero-order valence-electron chi connectivity index (χ0n) is 7.63. The monoisotopic (exact) mass is 219 g/mol. The van der Waals surface area contributed by atoms with Crippen LogP contribution in [-0.2, 0) is 9.05 Å². The van der Waals surface area contributed by atoms with Gasteiger partial charge in [-0.05, 0) is 31.9 Å². The first-order valence-corrected chi connectivity index (χ1v) is 6.02. The molecule has 1 heterocycles. The van der Waals surface area contributed by atoms with Crippen LogP contribution in [0.1, 0.15) is 16.8 Å². The van der Waals surface area contributed by atoms with Crippen molar-refractivity contribution in [3.8, 4) is 0 Å². The molecule has 0 aliphatic carbocycles. The number of hydrogen-bond donors (Lipinski definition) is 0. The summed E-state index contributed by atoms with van der Waals surface area (Å²) in [5.41, 5.74) is 2.35. The number of nitrogens with zero attached hydrogens (tertiary/aromatic N) is 1. The summed E-state index contributed by atoms with van der Waals surface area (Å²) in [7, 11) is 1.56. The first-order valence-electron chi connectivity index (χ1n) is 3.71. The standard InChI is InChI=1S/C8H10ClNO2S/c1-5-6(2)8(13(9,11)12)4-10-7(5)3/h4H,1-3H3. The molecule has 0 aliphatic rings. The van der Waals surface area contributed by atoms with Crippen LogP contribution in [0.5, 0.6) is 0 Å². The summed E-state index contributed by atoms with van der Waals surface area (Å²) in [6.07, 6.45) is 1.29. The Hall–Kier alpha value is -0.610. The zero-order chi connectivity index (χ0) is 10.2. The highest BCUT2D eigenvalue weighted by molar-refractivity contribution is 8.13. The molecule has 0 aliphatic heterocycles. The predicted octanol–water partition coefficient (Wildman–Crippen LogP) is 1.93. The molecule has 1 rings (SSSR count). The first-order chi connectivity index (χ1) is 5.84. The van der Waals surface area contributed by atoms with Gasteiger partial charge < -0.3 is 0 Å². The SMILES string of the molecule is Cc1ncc(S(=O)(=O)Cl)c(C)c1C. The fraction of sp³-hybridized carbons (Fsp3) is 0.375.